The van der Waals surface area contributed by atoms with Gasteiger partial charge >= 0.3 is 0 Å². The van der Waals surface area contributed by atoms with Crippen LogP contribution in [0.1, 0.15) is 12.8 Å². The monoisotopic (exact) mass is 346 g/mol. The van der Waals surface area contributed by atoms with Crippen LogP contribution in [0.15, 0.2) is 42.5 Å². The summed E-state index contributed by atoms with van der Waals surface area (Å²) in [4.78, 5) is 12.9. The van der Waals surface area contributed by atoms with Crippen molar-refractivity contribution < 1.29 is 9.18 Å². The van der Waals surface area contributed by atoms with E-state index in [9.17, 15) is 9.18 Å². The Hall–Kier alpha value is -1.91. The van der Waals surface area contributed by atoms with Crippen molar-refractivity contribution in [2.75, 3.05) is 25.0 Å². The van der Waals surface area contributed by atoms with Gasteiger partial charge in [-0.2, -0.15) is 0 Å². The minimum absolute atomic E-state index is 0.0193. The van der Waals surface area contributed by atoms with Gasteiger partial charge in [0.15, 0.2) is 0 Å². The van der Waals surface area contributed by atoms with Gasteiger partial charge in [0.1, 0.15) is 12.1 Å². The van der Waals surface area contributed by atoms with Crippen LogP contribution in [-0.4, -0.2) is 32.0 Å². The molecule has 0 amide bonds. The van der Waals surface area contributed by atoms with Gasteiger partial charge in [-0.05, 0) is 49.4 Å². The van der Waals surface area contributed by atoms with Crippen LogP contribution in [0.3, 0.4) is 0 Å². The molecule has 2 aromatic rings. The summed E-state index contributed by atoms with van der Waals surface area (Å²) >= 11 is 6.16. The number of halogens is 2. The number of anilines is 1. The van der Waals surface area contributed by atoms with Crippen molar-refractivity contribution in [2.24, 2.45) is 0 Å². The number of nitrogens with one attached hydrogen (secondary N) is 1. The van der Waals surface area contributed by atoms with E-state index >= 15 is 0 Å². The average molecular weight is 347 g/mol. The van der Waals surface area contributed by atoms with Crippen LogP contribution >= 0.6 is 11.6 Å². The second kappa shape index (κ2) is 6.91. The van der Waals surface area contributed by atoms with Gasteiger partial charge in [0.25, 0.3) is 0 Å². The first-order valence-electron chi connectivity index (χ1n) is 8.00. The number of benzene rings is 2. The van der Waals surface area contributed by atoms with E-state index in [0.717, 1.165) is 37.0 Å². The fourth-order valence-corrected chi connectivity index (χ4v) is 3.44. The molecule has 1 saturated heterocycles. The highest BCUT2D eigenvalue weighted by Gasteiger charge is 2.41. The summed E-state index contributed by atoms with van der Waals surface area (Å²) in [5.41, 5.74) is 2.72. The maximum Gasteiger partial charge on any atom is 0.123 e. The third-order valence-corrected chi connectivity index (χ3v) is 5.06. The highest BCUT2D eigenvalue weighted by Crippen LogP contribution is 2.34. The molecule has 3 rings (SSSR count). The number of aldehydes is 1. The molecule has 1 aliphatic heterocycles. The van der Waals surface area contributed by atoms with Crippen LogP contribution in [0.2, 0.25) is 5.02 Å². The molecule has 0 aliphatic carbocycles. The molecule has 0 saturated carbocycles. The molecule has 1 N–H and O–H groups in total. The molecule has 3 nitrogen and oxygen atoms in total. The van der Waals surface area contributed by atoms with E-state index in [1.165, 1.54) is 12.1 Å². The van der Waals surface area contributed by atoms with Crippen LogP contribution in [-0.2, 0) is 4.79 Å². The summed E-state index contributed by atoms with van der Waals surface area (Å²) < 4.78 is 13.4. The van der Waals surface area contributed by atoms with E-state index < -0.39 is 0 Å². The summed E-state index contributed by atoms with van der Waals surface area (Å²) in [7, 11) is 1.94. The van der Waals surface area contributed by atoms with Gasteiger partial charge in [-0.15, -0.1) is 0 Å². The zero-order chi connectivity index (χ0) is 17.2. The van der Waals surface area contributed by atoms with Gasteiger partial charge in [-0.1, -0.05) is 23.7 Å². The SMILES string of the molecule is CNC1(CCC=O)CN(c2ccc(-c3cc(F)ccc3Cl)cc2)C1. The lowest BCUT2D eigenvalue weighted by molar-refractivity contribution is -0.108. The number of carbonyl (C=O) groups is 1. The summed E-state index contributed by atoms with van der Waals surface area (Å²) in [6.45, 7) is 1.74. The zero-order valence-electron chi connectivity index (χ0n) is 13.6. The van der Waals surface area contributed by atoms with E-state index in [2.05, 4.69) is 10.2 Å². The third-order valence-electron chi connectivity index (χ3n) is 4.73. The minimum atomic E-state index is -0.296. The van der Waals surface area contributed by atoms with Gasteiger partial charge in [-0.3, -0.25) is 0 Å². The van der Waals surface area contributed by atoms with Gasteiger partial charge in [-0.25, -0.2) is 4.39 Å². The quantitative estimate of drug-likeness (QED) is 0.805. The van der Waals surface area contributed by atoms with Crippen molar-refractivity contribution in [3.63, 3.8) is 0 Å². The number of carbonyl (C=O) groups excluding carboxylic acids is 1. The van der Waals surface area contributed by atoms with Crippen LogP contribution in [0, 0.1) is 5.82 Å². The van der Waals surface area contributed by atoms with Crippen LogP contribution in [0.4, 0.5) is 10.1 Å². The van der Waals surface area contributed by atoms with Crippen molar-refractivity contribution in [1.29, 1.82) is 0 Å². The molecule has 0 spiro atoms. The fourth-order valence-electron chi connectivity index (χ4n) is 3.21. The number of hydrogen-bond donors (Lipinski definition) is 1. The first kappa shape index (κ1) is 16.9. The van der Waals surface area contributed by atoms with Gasteiger partial charge in [0, 0.05) is 35.8 Å². The lowest BCUT2D eigenvalue weighted by Gasteiger charge is -2.51. The molecule has 5 heteroatoms. The number of rotatable bonds is 6. The number of likely N-dealkylation sites (N-methyl/N-ethyl adjacent to an activating group) is 1. The van der Waals surface area contributed by atoms with Gasteiger partial charge in [0.2, 0.25) is 0 Å². The fraction of sp³-hybridized carbons (Fsp3) is 0.316. The molecule has 2 aromatic carbocycles. The molecule has 126 valence electrons. The largest absolute Gasteiger partial charge is 0.368 e. The molecule has 24 heavy (non-hydrogen) atoms. The lowest BCUT2D eigenvalue weighted by atomic mass is 9.84. The van der Waals surface area contributed by atoms with E-state index in [1.54, 1.807) is 6.07 Å². The van der Waals surface area contributed by atoms with Crippen molar-refractivity contribution in [3.8, 4) is 11.1 Å². The Morgan fingerprint density at radius 1 is 1.25 bits per heavy atom. The molecule has 1 aliphatic rings. The first-order chi connectivity index (χ1) is 11.6. The van der Waals surface area contributed by atoms with Crippen molar-refractivity contribution in [1.82, 2.24) is 5.32 Å². The van der Waals surface area contributed by atoms with E-state index in [1.807, 2.05) is 31.3 Å². The minimum Gasteiger partial charge on any atom is -0.368 e. The third kappa shape index (κ3) is 3.30. The summed E-state index contributed by atoms with van der Waals surface area (Å²) in [6, 6.07) is 12.3. The molecular formula is C19H20ClFN2O. The van der Waals surface area contributed by atoms with Crippen molar-refractivity contribution >= 4 is 23.6 Å². The topological polar surface area (TPSA) is 32.3 Å². The zero-order valence-corrected chi connectivity index (χ0v) is 14.3. The Morgan fingerprint density at radius 3 is 2.58 bits per heavy atom. The normalized spacial score (nSPS) is 15.9. The molecular weight excluding hydrogens is 327 g/mol. The molecule has 0 atom stereocenters. The Balaban J connectivity index is 1.72. The molecule has 1 fully saturated rings. The highest BCUT2D eigenvalue weighted by molar-refractivity contribution is 6.33. The predicted molar refractivity (Wildman–Crippen MR) is 96.1 cm³/mol. The Morgan fingerprint density at radius 2 is 1.96 bits per heavy atom. The predicted octanol–water partition coefficient (Wildman–Crippen LogP) is 3.90. The number of nitrogens with zero attached hydrogens (tertiary/aromatic N) is 1. The van der Waals surface area contributed by atoms with Gasteiger partial charge in [0.05, 0.1) is 5.54 Å². The maximum absolute atomic E-state index is 13.4. The Labute approximate surface area is 146 Å². The molecule has 0 radical (unpaired) electrons. The second-order valence-corrected chi connectivity index (χ2v) is 6.67. The summed E-state index contributed by atoms with van der Waals surface area (Å²) in [6.07, 6.45) is 2.39. The lowest BCUT2D eigenvalue weighted by Crippen LogP contribution is -2.68. The Kier molecular flexibility index (Phi) is 4.88. The van der Waals surface area contributed by atoms with E-state index in [0.29, 0.717) is 17.0 Å². The molecule has 0 bridgehead atoms. The van der Waals surface area contributed by atoms with Gasteiger partial charge < -0.3 is 15.0 Å². The van der Waals surface area contributed by atoms with Crippen LogP contribution in [0.25, 0.3) is 11.1 Å². The molecule has 0 aromatic heterocycles. The maximum atomic E-state index is 13.4. The summed E-state index contributed by atoms with van der Waals surface area (Å²) in [5, 5.41) is 3.88. The van der Waals surface area contributed by atoms with Crippen LogP contribution in [0.5, 0.6) is 0 Å². The van der Waals surface area contributed by atoms with Crippen molar-refractivity contribution in [2.45, 2.75) is 18.4 Å². The van der Waals surface area contributed by atoms with E-state index in [-0.39, 0.29) is 11.4 Å². The number of hydrogen-bond acceptors (Lipinski definition) is 3. The Bertz CT molecular complexity index is 727. The smallest absolute Gasteiger partial charge is 0.123 e. The van der Waals surface area contributed by atoms with E-state index in [4.69, 9.17) is 11.6 Å². The highest BCUT2D eigenvalue weighted by atomic mass is 35.5. The first-order valence-corrected chi connectivity index (χ1v) is 8.38. The standard InChI is InChI=1S/C19H20ClFN2O/c1-22-19(9-2-10-24)12-23(13-19)16-6-3-14(4-7-16)17-11-15(21)5-8-18(17)20/h3-8,10-11,22H,2,9,12-13H2,1H3. The average Bonchev–Trinajstić information content (AvgIpc) is 2.57. The molecule has 0 unspecified atom stereocenters. The summed E-state index contributed by atoms with van der Waals surface area (Å²) in [5.74, 6) is -0.296. The molecule has 1 heterocycles. The van der Waals surface area contributed by atoms with Crippen molar-refractivity contribution in [3.05, 3.63) is 53.3 Å². The second-order valence-electron chi connectivity index (χ2n) is 6.26. The van der Waals surface area contributed by atoms with Crippen LogP contribution < -0.4 is 10.2 Å².